The minimum absolute atomic E-state index is 0.0686. The molecule has 0 aromatic rings. The molecule has 0 radical (unpaired) electrons. The van der Waals surface area contributed by atoms with Crippen LogP contribution in [0.1, 0.15) is 72.1 Å². The first kappa shape index (κ1) is 26.6. The molecule has 0 aromatic heterocycles. The number of rotatable bonds is 7. The van der Waals surface area contributed by atoms with E-state index >= 15 is 0 Å². The third kappa shape index (κ3) is 4.21. The third-order valence-electron chi connectivity index (χ3n) is 10.9. The van der Waals surface area contributed by atoms with E-state index in [1.807, 2.05) is 5.70 Å². The first-order valence-corrected chi connectivity index (χ1v) is 19.7. The zero-order valence-corrected chi connectivity index (χ0v) is 25.0. The minimum Gasteiger partial charge on any atom is -0.410 e. The van der Waals surface area contributed by atoms with Gasteiger partial charge in [-0.2, -0.15) is 0 Å². The average Bonchev–Trinajstić information content (AvgIpc) is 3.05. The van der Waals surface area contributed by atoms with E-state index in [1.165, 1.54) is 25.7 Å². The summed E-state index contributed by atoms with van der Waals surface area (Å²) in [6, 6.07) is 0. The van der Waals surface area contributed by atoms with Gasteiger partial charge < -0.3 is 14.0 Å². The van der Waals surface area contributed by atoms with Gasteiger partial charge in [-0.05, 0) is 108 Å². The van der Waals surface area contributed by atoms with E-state index in [4.69, 9.17) is 8.85 Å². The summed E-state index contributed by atoms with van der Waals surface area (Å²) in [6.45, 7) is 23.9. The highest BCUT2D eigenvalue weighted by molar-refractivity contribution is 6.76. The fourth-order valence-corrected chi connectivity index (χ4v) is 10.9. The summed E-state index contributed by atoms with van der Waals surface area (Å²) in [6.07, 6.45) is 11.8. The van der Waals surface area contributed by atoms with Crippen LogP contribution in [0.25, 0.3) is 0 Å². The van der Waals surface area contributed by atoms with Gasteiger partial charge in [0, 0.05) is 11.5 Å². The van der Waals surface area contributed by atoms with Crippen LogP contribution in [-0.4, -0.2) is 39.6 Å². The van der Waals surface area contributed by atoms with Crippen LogP contribution in [0.2, 0.25) is 26.2 Å². The summed E-state index contributed by atoms with van der Waals surface area (Å²) in [4.78, 5) is 0. The van der Waals surface area contributed by atoms with E-state index in [-0.39, 0.29) is 11.5 Å². The second-order valence-corrected chi connectivity index (χ2v) is 21.2. The Balaban J connectivity index is 1.55. The molecule has 34 heavy (non-hydrogen) atoms. The molecular weight excluding hydrogens is 452 g/mol. The number of allylic oxidation sites excluding steroid dienone is 1. The molecule has 192 valence electrons. The van der Waals surface area contributed by atoms with Gasteiger partial charge in [-0.3, -0.25) is 0 Å². The van der Waals surface area contributed by atoms with E-state index in [2.05, 4.69) is 71.9 Å². The molecule has 4 rings (SSSR count). The molecule has 3 saturated carbocycles. The lowest BCUT2D eigenvalue weighted by molar-refractivity contribution is -0.165. The highest BCUT2D eigenvalue weighted by Crippen LogP contribution is 2.68. The van der Waals surface area contributed by atoms with E-state index in [9.17, 15) is 5.11 Å². The standard InChI is InChI=1S/C29H50O3Si2/c1-10-33(6,7)31-21(3)29(30)19-16-26-24-13-12-22-20-23(32-34(8,9)11-2)14-17-27(22,4)25(24)15-18-28(26,29)5/h10-12,21,23-26,30H,1-2,13-20H2,3-9H3/t21-,23-,24?,25?,26?,27-,28-,29-/m0/s1. The second-order valence-electron chi connectivity index (χ2n) is 13.5. The molecule has 5 heteroatoms. The molecule has 0 heterocycles. The van der Waals surface area contributed by atoms with Crippen molar-refractivity contribution in [3.05, 3.63) is 36.2 Å². The minimum atomic E-state index is -1.96. The monoisotopic (exact) mass is 502 g/mol. The zero-order chi connectivity index (χ0) is 25.2. The van der Waals surface area contributed by atoms with Crippen molar-refractivity contribution in [3.63, 3.8) is 0 Å². The fraction of sp³-hybridized carbons (Fsp3) is 0.793. The van der Waals surface area contributed by atoms with Crippen molar-refractivity contribution < 1.29 is 14.0 Å². The second kappa shape index (κ2) is 8.83. The van der Waals surface area contributed by atoms with Crippen LogP contribution in [0, 0.1) is 28.6 Å². The third-order valence-corrected chi connectivity index (χ3v) is 14.7. The highest BCUT2D eigenvalue weighted by Gasteiger charge is 2.65. The Bertz CT molecular complexity index is 850. The largest absolute Gasteiger partial charge is 0.410 e. The topological polar surface area (TPSA) is 38.7 Å². The van der Waals surface area contributed by atoms with Crippen molar-refractivity contribution in [2.24, 2.45) is 28.6 Å². The Morgan fingerprint density at radius 2 is 1.65 bits per heavy atom. The van der Waals surface area contributed by atoms with Gasteiger partial charge >= 0.3 is 0 Å². The van der Waals surface area contributed by atoms with Gasteiger partial charge in [0.15, 0.2) is 0 Å². The summed E-state index contributed by atoms with van der Waals surface area (Å²) in [5.74, 6) is 1.98. The summed E-state index contributed by atoms with van der Waals surface area (Å²) >= 11 is 0. The Labute approximate surface area is 211 Å². The number of hydrogen-bond acceptors (Lipinski definition) is 3. The maximum absolute atomic E-state index is 12.2. The van der Waals surface area contributed by atoms with Gasteiger partial charge in [-0.1, -0.05) is 36.9 Å². The van der Waals surface area contributed by atoms with Crippen molar-refractivity contribution in [2.75, 3.05) is 0 Å². The van der Waals surface area contributed by atoms with Gasteiger partial charge in [0.1, 0.15) is 0 Å². The van der Waals surface area contributed by atoms with Crippen LogP contribution in [-0.2, 0) is 8.85 Å². The lowest BCUT2D eigenvalue weighted by atomic mass is 9.46. The molecule has 4 aliphatic carbocycles. The number of hydrogen-bond donors (Lipinski definition) is 1. The first-order valence-electron chi connectivity index (χ1n) is 13.8. The van der Waals surface area contributed by atoms with Gasteiger partial charge in [-0.15, -0.1) is 13.2 Å². The smallest absolute Gasteiger partial charge is 0.211 e. The van der Waals surface area contributed by atoms with Crippen molar-refractivity contribution >= 4 is 16.6 Å². The van der Waals surface area contributed by atoms with Gasteiger partial charge in [0.2, 0.25) is 16.6 Å². The Kier molecular flexibility index (Phi) is 6.91. The lowest BCUT2D eigenvalue weighted by Gasteiger charge is -2.60. The van der Waals surface area contributed by atoms with Gasteiger partial charge in [-0.25, -0.2) is 0 Å². The Morgan fingerprint density at radius 3 is 2.29 bits per heavy atom. The van der Waals surface area contributed by atoms with E-state index in [1.54, 1.807) is 5.57 Å². The Morgan fingerprint density at radius 1 is 1.00 bits per heavy atom. The van der Waals surface area contributed by atoms with Gasteiger partial charge in [0.25, 0.3) is 0 Å². The molecule has 0 amide bonds. The van der Waals surface area contributed by atoms with E-state index in [0.29, 0.717) is 23.4 Å². The summed E-state index contributed by atoms with van der Waals surface area (Å²) < 4.78 is 13.1. The molecule has 4 aliphatic rings. The summed E-state index contributed by atoms with van der Waals surface area (Å²) in [5.41, 5.74) is 5.20. The van der Waals surface area contributed by atoms with E-state index < -0.39 is 22.2 Å². The predicted molar refractivity (Wildman–Crippen MR) is 147 cm³/mol. The normalized spacial score (nSPS) is 43.2. The molecule has 1 N–H and O–H groups in total. The molecule has 0 spiro atoms. The van der Waals surface area contributed by atoms with Crippen LogP contribution < -0.4 is 0 Å². The predicted octanol–water partition coefficient (Wildman–Crippen LogP) is 7.33. The van der Waals surface area contributed by atoms with Gasteiger partial charge in [0.05, 0.1) is 11.7 Å². The van der Waals surface area contributed by atoms with Crippen molar-refractivity contribution in [2.45, 2.75) is 116 Å². The average molecular weight is 503 g/mol. The maximum atomic E-state index is 12.2. The number of fused-ring (bicyclic) bond motifs is 5. The highest BCUT2D eigenvalue weighted by atomic mass is 28.4. The first-order chi connectivity index (χ1) is 15.7. The summed E-state index contributed by atoms with van der Waals surface area (Å²) in [7, 11) is -3.72. The molecule has 3 unspecified atom stereocenters. The molecule has 8 atom stereocenters. The molecule has 3 nitrogen and oxygen atoms in total. The molecular formula is C29H50O3Si2. The van der Waals surface area contributed by atoms with Crippen LogP contribution in [0.4, 0.5) is 0 Å². The quantitative estimate of drug-likeness (QED) is 0.292. The molecule has 0 aromatic carbocycles. The van der Waals surface area contributed by atoms with Crippen LogP contribution in [0.15, 0.2) is 36.2 Å². The van der Waals surface area contributed by atoms with Crippen LogP contribution in [0.5, 0.6) is 0 Å². The molecule has 0 bridgehead atoms. The van der Waals surface area contributed by atoms with Crippen molar-refractivity contribution in [1.29, 1.82) is 0 Å². The zero-order valence-electron chi connectivity index (χ0n) is 23.0. The SMILES string of the molecule is C=C[Si](C)(C)O[C@H]1CC[C@@]2(C)C(=CCC3C2CC[C@@]2(C)C3CC[C@]2(O)[C@H](C)O[Si](C)(C)C=C)C1. The number of aliphatic hydroxyl groups is 1. The van der Waals surface area contributed by atoms with Crippen LogP contribution >= 0.6 is 0 Å². The Hall–Kier alpha value is -0.466. The van der Waals surface area contributed by atoms with Crippen molar-refractivity contribution in [3.8, 4) is 0 Å². The van der Waals surface area contributed by atoms with Crippen LogP contribution in [0.3, 0.4) is 0 Å². The fourth-order valence-electron chi connectivity index (χ4n) is 8.53. The molecule has 0 aliphatic heterocycles. The maximum Gasteiger partial charge on any atom is 0.211 e. The molecule has 0 saturated heterocycles. The summed E-state index contributed by atoms with van der Waals surface area (Å²) in [5, 5.41) is 12.2. The lowest BCUT2D eigenvalue weighted by Crippen LogP contribution is -2.59. The van der Waals surface area contributed by atoms with Crippen molar-refractivity contribution in [1.82, 2.24) is 0 Å². The molecule has 3 fully saturated rings. The van der Waals surface area contributed by atoms with E-state index in [0.717, 1.165) is 31.6 Å².